The van der Waals surface area contributed by atoms with E-state index in [-0.39, 0.29) is 17.5 Å². The third-order valence-electron chi connectivity index (χ3n) is 2.88. The molecule has 0 saturated carbocycles. The van der Waals surface area contributed by atoms with Crippen molar-refractivity contribution in [3.8, 4) is 0 Å². The molecule has 0 N–H and O–H groups in total. The zero-order chi connectivity index (χ0) is 15.9. The molecule has 8 heteroatoms. The van der Waals surface area contributed by atoms with Crippen LogP contribution in [0.3, 0.4) is 0 Å². The number of halogens is 1. The molecule has 116 valence electrons. The van der Waals surface area contributed by atoms with Crippen molar-refractivity contribution in [1.29, 1.82) is 0 Å². The van der Waals surface area contributed by atoms with Crippen molar-refractivity contribution in [3.05, 3.63) is 48.3 Å². The predicted molar refractivity (Wildman–Crippen MR) is 81.6 cm³/mol. The van der Waals surface area contributed by atoms with Gasteiger partial charge in [0, 0.05) is 13.6 Å². The van der Waals surface area contributed by atoms with Crippen LogP contribution in [0.15, 0.2) is 42.1 Å². The number of hydrogen-bond donors (Lipinski definition) is 0. The van der Waals surface area contributed by atoms with Crippen LogP contribution in [0.25, 0.3) is 0 Å². The van der Waals surface area contributed by atoms with Crippen molar-refractivity contribution in [3.63, 3.8) is 0 Å². The van der Waals surface area contributed by atoms with Gasteiger partial charge < -0.3 is 4.90 Å². The van der Waals surface area contributed by atoms with Crippen LogP contribution in [-0.2, 0) is 17.9 Å². The molecule has 0 spiro atoms. The molecule has 0 aliphatic heterocycles. The Hall–Kier alpha value is -2.22. The van der Waals surface area contributed by atoms with E-state index >= 15 is 0 Å². The Balaban J connectivity index is 1.87. The van der Waals surface area contributed by atoms with E-state index in [0.29, 0.717) is 18.2 Å². The highest BCUT2D eigenvalue weighted by Crippen LogP contribution is 2.15. The maximum Gasteiger partial charge on any atom is 0.233 e. The van der Waals surface area contributed by atoms with Gasteiger partial charge in [-0.05, 0) is 28.1 Å². The molecule has 1 aromatic heterocycles. The molecule has 22 heavy (non-hydrogen) atoms. The van der Waals surface area contributed by atoms with Gasteiger partial charge in [-0.15, -0.1) is 11.7 Å². The lowest BCUT2D eigenvalue weighted by Gasteiger charge is -2.16. The Kier molecular flexibility index (Phi) is 5.65. The van der Waals surface area contributed by atoms with E-state index in [1.807, 2.05) is 0 Å². The van der Waals surface area contributed by atoms with E-state index in [2.05, 4.69) is 22.1 Å². The molecule has 0 bridgehead atoms. The average Bonchev–Trinajstić information content (AvgIpc) is 2.95. The van der Waals surface area contributed by atoms with Crippen LogP contribution in [-0.4, -0.2) is 43.8 Å². The number of hydrogen-bond acceptors (Lipinski definition) is 5. The largest absolute Gasteiger partial charge is 0.341 e. The van der Waals surface area contributed by atoms with Crippen molar-refractivity contribution in [2.45, 2.75) is 18.2 Å². The molecule has 0 saturated heterocycles. The minimum Gasteiger partial charge on any atom is -0.341 e. The monoisotopic (exact) mass is 321 g/mol. The minimum atomic E-state index is -0.289. The zero-order valence-electron chi connectivity index (χ0n) is 12.1. The molecule has 2 aromatic rings. The van der Waals surface area contributed by atoms with E-state index in [0.717, 1.165) is 5.56 Å². The lowest BCUT2D eigenvalue weighted by Crippen LogP contribution is -2.27. The second-order valence-electron chi connectivity index (χ2n) is 4.60. The summed E-state index contributed by atoms with van der Waals surface area (Å²) in [7, 11) is 1.71. The molecule has 2 rings (SSSR count). The number of allylic oxidation sites excluding steroid dienone is 1. The first-order valence-electron chi connectivity index (χ1n) is 6.58. The van der Waals surface area contributed by atoms with Gasteiger partial charge in [-0.3, -0.25) is 4.79 Å². The summed E-state index contributed by atoms with van der Waals surface area (Å²) in [5, 5.41) is 11.8. The molecule has 0 radical (unpaired) electrons. The molecule has 1 heterocycles. The Bertz CT molecular complexity index is 643. The quantitative estimate of drug-likeness (QED) is 0.574. The predicted octanol–water partition coefficient (Wildman–Crippen LogP) is 1.75. The fourth-order valence-electron chi connectivity index (χ4n) is 1.73. The maximum absolute atomic E-state index is 12.8. The number of rotatable bonds is 7. The van der Waals surface area contributed by atoms with Crippen LogP contribution in [0.4, 0.5) is 4.39 Å². The van der Waals surface area contributed by atoms with Gasteiger partial charge in [0.1, 0.15) is 5.82 Å². The van der Waals surface area contributed by atoms with Gasteiger partial charge >= 0.3 is 0 Å². The Morgan fingerprint density at radius 2 is 2.18 bits per heavy atom. The fourth-order valence-corrected chi connectivity index (χ4v) is 2.55. The van der Waals surface area contributed by atoms with Gasteiger partial charge in [-0.1, -0.05) is 30.0 Å². The SMILES string of the molecule is C=CCn1nnnc1SCC(=O)N(C)Cc1ccc(F)cc1. The highest BCUT2D eigenvalue weighted by Gasteiger charge is 2.13. The number of nitrogens with zero attached hydrogens (tertiary/aromatic N) is 5. The lowest BCUT2D eigenvalue weighted by molar-refractivity contribution is -0.127. The number of carbonyl (C=O) groups excluding carboxylic acids is 1. The topological polar surface area (TPSA) is 63.9 Å². The van der Waals surface area contributed by atoms with Gasteiger partial charge in [0.2, 0.25) is 11.1 Å². The molecule has 0 fully saturated rings. The summed E-state index contributed by atoms with van der Waals surface area (Å²) in [5.41, 5.74) is 0.874. The van der Waals surface area contributed by atoms with E-state index in [4.69, 9.17) is 0 Å². The normalized spacial score (nSPS) is 10.5. The number of carbonyl (C=O) groups is 1. The summed E-state index contributed by atoms with van der Waals surface area (Å²) in [4.78, 5) is 13.7. The van der Waals surface area contributed by atoms with Crippen molar-refractivity contribution in [2.75, 3.05) is 12.8 Å². The maximum atomic E-state index is 12.8. The second-order valence-corrected chi connectivity index (χ2v) is 5.54. The van der Waals surface area contributed by atoms with Gasteiger partial charge in [-0.25, -0.2) is 9.07 Å². The molecule has 0 aliphatic rings. The summed E-state index contributed by atoms with van der Waals surface area (Å²) in [5.74, 6) is -0.111. The van der Waals surface area contributed by atoms with Crippen molar-refractivity contribution in [2.24, 2.45) is 0 Å². The van der Waals surface area contributed by atoms with E-state index < -0.39 is 0 Å². The summed E-state index contributed by atoms with van der Waals surface area (Å²) >= 11 is 1.27. The van der Waals surface area contributed by atoms with E-state index in [1.165, 1.54) is 23.9 Å². The first-order chi connectivity index (χ1) is 10.6. The molecule has 0 aliphatic carbocycles. The van der Waals surface area contributed by atoms with E-state index in [1.54, 1.807) is 34.8 Å². The molecule has 0 atom stereocenters. The standard InChI is InChI=1S/C14H16FN5OS/c1-3-8-20-14(16-17-18-20)22-10-13(21)19(2)9-11-4-6-12(15)7-5-11/h3-7H,1,8-10H2,2H3. The third kappa shape index (κ3) is 4.39. The number of benzene rings is 1. The molecule has 1 aromatic carbocycles. The smallest absolute Gasteiger partial charge is 0.233 e. The van der Waals surface area contributed by atoms with Crippen molar-refractivity contribution >= 4 is 17.7 Å². The number of tetrazole rings is 1. The first-order valence-corrected chi connectivity index (χ1v) is 7.57. The fraction of sp³-hybridized carbons (Fsp3) is 0.286. The summed E-state index contributed by atoms with van der Waals surface area (Å²) < 4.78 is 14.4. The highest BCUT2D eigenvalue weighted by atomic mass is 32.2. The van der Waals surface area contributed by atoms with E-state index in [9.17, 15) is 9.18 Å². The molecule has 0 unspecified atom stereocenters. The van der Waals surface area contributed by atoms with Gasteiger partial charge in [0.05, 0.1) is 12.3 Å². The van der Waals surface area contributed by atoms with Crippen molar-refractivity contribution < 1.29 is 9.18 Å². The minimum absolute atomic E-state index is 0.0533. The zero-order valence-corrected chi connectivity index (χ0v) is 13.0. The van der Waals surface area contributed by atoms with Gasteiger partial charge in [-0.2, -0.15) is 0 Å². The van der Waals surface area contributed by atoms with Crippen LogP contribution in [0.1, 0.15) is 5.56 Å². The van der Waals surface area contributed by atoms with Crippen LogP contribution in [0.5, 0.6) is 0 Å². The molecule has 1 amide bonds. The van der Waals surface area contributed by atoms with Gasteiger partial charge in [0.15, 0.2) is 0 Å². The van der Waals surface area contributed by atoms with Gasteiger partial charge in [0.25, 0.3) is 0 Å². The molecule has 6 nitrogen and oxygen atoms in total. The van der Waals surface area contributed by atoms with Crippen LogP contribution < -0.4 is 0 Å². The summed E-state index contributed by atoms with van der Waals surface area (Å²) in [6.07, 6.45) is 1.68. The third-order valence-corrected chi connectivity index (χ3v) is 3.83. The molecular formula is C14H16FN5OS. The first kappa shape index (κ1) is 16.2. The number of thioether (sulfide) groups is 1. The summed E-state index contributed by atoms with van der Waals surface area (Å²) in [6.45, 7) is 4.55. The number of amides is 1. The highest BCUT2D eigenvalue weighted by molar-refractivity contribution is 7.99. The average molecular weight is 321 g/mol. The van der Waals surface area contributed by atoms with Crippen molar-refractivity contribution in [1.82, 2.24) is 25.1 Å². The second kappa shape index (κ2) is 7.69. The Morgan fingerprint density at radius 3 is 2.86 bits per heavy atom. The van der Waals surface area contributed by atoms with Crippen LogP contribution in [0.2, 0.25) is 0 Å². The molecular weight excluding hydrogens is 305 g/mol. The Morgan fingerprint density at radius 1 is 1.45 bits per heavy atom. The lowest BCUT2D eigenvalue weighted by atomic mass is 10.2. The Labute approximate surface area is 132 Å². The van der Waals surface area contributed by atoms with Crippen LogP contribution >= 0.6 is 11.8 Å². The number of aromatic nitrogens is 4. The van der Waals surface area contributed by atoms with Crippen LogP contribution in [0, 0.1) is 5.82 Å². The summed E-state index contributed by atoms with van der Waals surface area (Å²) in [6, 6.07) is 6.09.